The van der Waals surface area contributed by atoms with Gasteiger partial charge in [0.15, 0.2) is 5.82 Å². The van der Waals surface area contributed by atoms with Crippen molar-refractivity contribution in [1.82, 2.24) is 29.9 Å². The standard InChI is InChI=1S/C17H19N7.C2HF3O2/c1-12-3-4-16(22-21-12)24-7-5-14-15(6-8-24)18-11-19-17(14)13-9-20-23(2)10-13;3-2(4,5)1(6)7/h3-4,9-11H,5-8H2,1-2H3;(H,6,7). The molecule has 0 spiro atoms. The normalized spacial score (nSPS) is 13.6. The topological polar surface area (TPSA) is 110 Å². The van der Waals surface area contributed by atoms with Gasteiger partial charge in [-0.3, -0.25) is 4.68 Å². The van der Waals surface area contributed by atoms with E-state index in [1.54, 1.807) is 11.0 Å². The lowest BCUT2D eigenvalue weighted by molar-refractivity contribution is -0.192. The Morgan fingerprint density at radius 2 is 1.84 bits per heavy atom. The molecular weight excluding hydrogens is 415 g/mol. The van der Waals surface area contributed by atoms with Gasteiger partial charge in [0, 0.05) is 49.6 Å². The number of carbonyl (C=O) groups is 1. The van der Waals surface area contributed by atoms with E-state index in [1.165, 1.54) is 5.56 Å². The number of fused-ring (bicyclic) bond motifs is 1. The van der Waals surface area contributed by atoms with Gasteiger partial charge >= 0.3 is 12.1 Å². The molecule has 0 bridgehead atoms. The molecule has 1 N–H and O–H groups in total. The number of hydrogen-bond acceptors (Lipinski definition) is 7. The number of rotatable bonds is 2. The Morgan fingerprint density at radius 3 is 2.42 bits per heavy atom. The Morgan fingerprint density at radius 1 is 1.13 bits per heavy atom. The fraction of sp³-hybridized carbons (Fsp3) is 0.368. The molecule has 1 aliphatic heterocycles. The number of alkyl halides is 3. The van der Waals surface area contributed by atoms with Crippen molar-refractivity contribution in [2.24, 2.45) is 7.05 Å². The van der Waals surface area contributed by atoms with Crippen LogP contribution >= 0.6 is 0 Å². The van der Waals surface area contributed by atoms with Crippen molar-refractivity contribution in [3.8, 4) is 11.3 Å². The van der Waals surface area contributed by atoms with E-state index in [4.69, 9.17) is 9.90 Å². The van der Waals surface area contributed by atoms with Crippen molar-refractivity contribution in [2.45, 2.75) is 25.9 Å². The van der Waals surface area contributed by atoms with Crippen molar-refractivity contribution < 1.29 is 23.1 Å². The number of hydrogen-bond donors (Lipinski definition) is 1. The smallest absolute Gasteiger partial charge is 0.475 e. The molecule has 9 nitrogen and oxygen atoms in total. The van der Waals surface area contributed by atoms with Crippen molar-refractivity contribution in [3.63, 3.8) is 0 Å². The zero-order valence-corrected chi connectivity index (χ0v) is 16.8. The van der Waals surface area contributed by atoms with Gasteiger partial charge in [0.2, 0.25) is 0 Å². The molecule has 1 aliphatic rings. The van der Waals surface area contributed by atoms with Crippen molar-refractivity contribution in [1.29, 1.82) is 0 Å². The first-order chi connectivity index (χ1) is 14.6. The van der Waals surface area contributed by atoms with Crippen molar-refractivity contribution in [3.05, 3.63) is 47.8 Å². The summed E-state index contributed by atoms with van der Waals surface area (Å²) in [5, 5.41) is 19.9. The van der Waals surface area contributed by atoms with E-state index in [0.717, 1.165) is 54.4 Å². The molecule has 4 heterocycles. The van der Waals surface area contributed by atoms with E-state index in [2.05, 4.69) is 30.2 Å². The Bertz CT molecular complexity index is 1050. The van der Waals surface area contributed by atoms with E-state index < -0.39 is 12.1 Å². The highest BCUT2D eigenvalue weighted by atomic mass is 19.4. The average Bonchev–Trinajstić information content (AvgIpc) is 3.03. The number of carboxylic acid groups (broad SMARTS) is 1. The summed E-state index contributed by atoms with van der Waals surface area (Å²) in [5.41, 5.74) is 5.30. The number of carboxylic acids is 1. The molecule has 0 atom stereocenters. The number of aryl methyl sites for hydroxylation is 2. The Kier molecular flexibility index (Phi) is 6.47. The number of aliphatic carboxylic acids is 1. The van der Waals surface area contributed by atoms with Gasteiger partial charge in [-0.05, 0) is 25.5 Å². The molecule has 0 aromatic carbocycles. The molecule has 164 valence electrons. The van der Waals surface area contributed by atoms with Crippen LogP contribution in [0.25, 0.3) is 11.3 Å². The summed E-state index contributed by atoms with van der Waals surface area (Å²) >= 11 is 0. The monoisotopic (exact) mass is 435 g/mol. The minimum atomic E-state index is -5.08. The molecule has 12 heteroatoms. The van der Waals surface area contributed by atoms with Crippen LogP contribution in [0, 0.1) is 6.92 Å². The summed E-state index contributed by atoms with van der Waals surface area (Å²) in [6.07, 6.45) is 2.19. The lowest BCUT2D eigenvalue weighted by atomic mass is 10.0. The van der Waals surface area contributed by atoms with Gasteiger partial charge in [0.05, 0.1) is 17.6 Å². The second-order valence-electron chi connectivity index (χ2n) is 6.87. The first-order valence-corrected chi connectivity index (χ1v) is 9.32. The molecule has 3 aromatic heterocycles. The summed E-state index contributed by atoms with van der Waals surface area (Å²) < 4.78 is 33.5. The van der Waals surface area contributed by atoms with Crippen molar-refractivity contribution >= 4 is 11.8 Å². The molecular formula is C19H20F3N7O2. The van der Waals surface area contributed by atoms with Crippen LogP contribution in [0.4, 0.5) is 19.0 Å². The van der Waals surface area contributed by atoms with Crippen LogP contribution in [0.2, 0.25) is 0 Å². The van der Waals surface area contributed by atoms with Crippen LogP contribution < -0.4 is 4.90 Å². The van der Waals surface area contributed by atoms with Crippen LogP contribution in [0.15, 0.2) is 30.9 Å². The Labute approximate surface area is 175 Å². The SMILES string of the molecule is Cc1ccc(N2CCc3ncnc(-c4cnn(C)c4)c3CC2)nn1.O=C(O)C(F)(F)F. The summed E-state index contributed by atoms with van der Waals surface area (Å²) in [4.78, 5) is 20.2. The Balaban J connectivity index is 0.000000339. The molecule has 0 saturated heterocycles. The number of aromatic nitrogens is 6. The maximum absolute atomic E-state index is 10.6. The second-order valence-corrected chi connectivity index (χ2v) is 6.87. The van der Waals surface area contributed by atoms with Crippen molar-refractivity contribution in [2.75, 3.05) is 18.0 Å². The van der Waals surface area contributed by atoms with E-state index in [0.29, 0.717) is 0 Å². The van der Waals surface area contributed by atoms with Crippen LogP contribution in [-0.4, -0.2) is 60.3 Å². The van der Waals surface area contributed by atoms with Gasteiger partial charge in [-0.1, -0.05) is 0 Å². The summed E-state index contributed by atoms with van der Waals surface area (Å²) in [6.45, 7) is 3.71. The first-order valence-electron chi connectivity index (χ1n) is 9.32. The van der Waals surface area contributed by atoms with Gasteiger partial charge in [0.25, 0.3) is 0 Å². The fourth-order valence-corrected chi connectivity index (χ4v) is 3.11. The van der Waals surface area contributed by atoms with E-state index in [9.17, 15) is 13.2 Å². The second kappa shape index (κ2) is 9.06. The molecule has 0 aliphatic carbocycles. The zero-order valence-electron chi connectivity index (χ0n) is 16.8. The number of anilines is 1. The lowest BCUT2D eigenvalue weighted by Crippen LogP contribution is -2.27. The highest BCUT2D eigenvalue weighted by Crippen LogP contribution is 2.26. The highest BCUT2D eigenvalue weighted by Gasteiger charge is 2.38. The van der Waals surface area contributed by atoms with Gasteiger partial charge in [-0.15, -0.1) is 5.10 Å². The number of nitrogens with zero attached hydrogens (tertiary/aromatic N) is 7. The molecule has 4 rings (SSSR count). The van der Waals surface area contributed by atoms with Crippen LogP contribution in [0.5, 0.6) is 0 Å². The van der Waals surface area contributed by atoms with Crippen LogP contribution in [0.1, 0.15) is 17.0 Å². The predicted octanol–water partition coefficient (Wildman–Crippen LogP) is 2.21. The third-order valence-electron chi connectivity index (χ3n) is 4.61. The van der Waals surface area contributed by atoms with E-state index in [-0.39, 0.29) is 0 Å². The molecule has 0 radical (unpaired) electrons. The predicted molar refractivity (Wildman–Crippen MR) is 104 cm³/mol. The largest absolute Gasteiger partial charge is 0.490 e. The quantitative estimate of drug-likeness (QED) is 0.653. The van der Waals surface area contributed by atoms with Gasteiger partial charge in [0.1, 0.15) is 6.33 Å². The lowest BCUT2D eigenvalue weighted by Gasteiger charge is -2.20. The maximum Gasteiger partial charge on any atom is 0.490 e. The average molecular weight is 435 g/mol. The third-order valence-corrected chi connectivity index (χ3v) is 4.61. The molecule has 31 heavy (non-hydrogen) atoms. The summed E-state index contributed by atoms with van der Waals surface area (Å²) in [7, 11) is 1.92. The fourth-order valence-electron chi connectivity index (χ4n) is 3.11. The van der Waals surface area contributed by atoms with Gasteiger partial charge in [-0.2, -0.15) is 23.4 Å². The van der Waals surface area contributed by atoms with Crippen LogP contribution in [0.3, 0.4) is 0 Å². The van der Waals surface area contributed by atoms with Crippen LogP contribution in [-0.2, 0) is 24.7 Å². The molecule has 0 unspecified atom stereocenters. The van der Waals surface area contributed by atoms with E-state index in [1.807, 2.05) is 38.5 Å². The highest BCUT2D eigenvalue weighted by molar-refractivity contribution is 5.73. The van der Waals surface area contributed by atoms with Gasteiger partial charge < -0.3 is 10.0 Å². The first kappa shape index (κ1) is 22.1. The minimum Gasteiger partial charge on any atom is -0.475 e. The zero-order chi connectivity index (χ0) is 22.6. The molecule has 3 aromatic rings. The molecule has 0 fully saturated rings. The minimum absolute atomic E-state index is 0.876. The molecule has 0 saturated carbocycles. The maximum atomic E-state index is 10.6. The summed E-state index contributed by atoms with van der Waals surface area (Å²) in [5.74, 6) is -1.84. The summed E-state index contributed by atoms with van der Waals surface area (Å²) in [6, 6.07) is 4.03. The van der Waals surface area contributed by atoms with E-state index >= 15 is 0 Å². The number of halogens is 3. The Hall–Kier alpha value is -3.57. The third kappa shape index (κ3) is 5.53. The molecule has 0 amide bonds. The van der Waals surface area contributed by atoms with Gasteiger partial charge in [-0.25, -0.2) is 14.8 Å².